The number of likely N-dealkylation sites (tertiary alicyclic amines) is 1. The third kappa shape index (κ3) is 2.77. The Morgan fingerprint density at radius 3 is 2.63 bits per heavy atom. The summed E-state index contributed by atoms with van der Waals surface area (Å²) in [5, 5.41) is 19.7. The van der Waals surface area contributed by atoms with Gasteiger partial charge in [-0.05, 0) is 36.1 Å². The molecule has 2 unspecified atom stereocenters. The monoisotopic (exact) mass is 365 g/mol. The summed E-state index contributed by atoms with van der Waals surface area (Å²) in [7, 11) is 0. The van der Waals surface area contributed by atoms with Crippen LogP contribution in [0.5, 0.6) is 0 Å². The van der Waals surface area contributed by atoms with Crippen LogP contribution in [-0.4, -0.2) is 33.3 Å². The van der Waals surface area contributed by atoms with E-state index in [0.717, 1.165) is 44.3 Å². The van der Waals surface area contributed by atoms with Gasteiger partial charge in [0.05, 0.1) is 17.3 Å². The minimum Gasteiger partial charge on any atom is -0.384 e. The molecule has 5 heteroatoms. The van der Waals surface area contributed by atoms with E-state index in [9.17, 15) is 9.50 Å². The average Bonchev–Trinajstić information content (AvgIpc) is 3.11. The summed E-state index contributed by atoms with van der Waals surface area (Å²) in [5.74, 6) is -0.109. The molecule has 1 saturated carbocycles. The number of hydrogen-bond acceptors (Lipinski definition) is 3. The molecule has 0 spiro atoms. The lowest BCUT2D eigenvalue weighted by Crippen LogP contribution is -2.57. The highest BCUT2D eigenvalue weighted by Gasteiger charge is 2.52. The maximum atomic E-state index is 14.3. The summed E-state index contributed by atoms with van der Waals surface area (Å²) in [6, 6.07) is 13.5. The Balaban J connectivity index is 1.51. The molecule has 5 rings (SSSR count). The number of piperidine rings is 1. The quantitative estimate of drug-likeness (QED) is 0.742. The fourth-order valence-electron chi connectivity index (χ4n) is 5.30. The van der Waals surface area contributed by atoms with Crippen LogP contribution in [0, 0.1) is 17.7 Å². The maximum absolute atomic E-state index is 14.3. The number of nitrogens with zero attached hydrogens (tertiary/aromatic N) is 2. The van der Waals surface area contributed by atoms with Gasteiger partial charge in [-0.25, -0.2) is 4.39 Å². The number of aromatic amines is 1. The second-order valence-electron chi connectivity index (χ2n) is 8.11. The Kier molecular flexibility index (Phi) is 4.02. The zero-order valence-electron chi connectivity index (χ0n) is 15.2. The van der Waals surface area contributed by atoms with Crippen LogP contribution < -0.4 is 0 Å². The molecule has 2 bridgehead atoms. The molecular formula is C22H24FN3O. The fourth-order valence-corrected chi connectivity index (χ4v) is 5.30. The lowest BCUT2D eigenvalue weighted by atomic mass is 9.62. The van der Waals surface area contributed by atoms with E-state index >= 15 is 0 Å². The van der Waals surface area contributed by atoms with E-state index in [-0.39, 0.29) is 17.7 Å². The van der Waals surface area contributed by atoms with Gasteiger partial charge in [0.2, 0.25) is 0 Å². The highest BCUT2D eigenvalue weighted by Crippen LogP contribution is 2.50. The number of aliphatic hydroxyl groups is 1. The minimum atomic E-state index is -0.990. The summed E-state index contributed by atoms with van der Waals surface area (Å²) in [4.78, 5) is 2.45. The molecule has 2 fully saturated rings. The fraction of sp³-hybridized carbons (Fsp3) is 0.409. The predicted molar refractivity (Wildman–Crippen MR) is 102 cm³/mol. The van der Waals surface area contributed by atoms with E-state index in [2.05, 4.69) is 39.4 Å². The molecule has 140 valence electrons. The molecular weight excluding hydrogens is 341 g/mol. The molecule has 1 aromatic heterocycles. The Morgan fingerprint density at radius 1 is 1.15 bits per heavy atom. The third-order valence-corrected chi connectivity index (χ3v) is 6.51. The van der Waals surface area contributed by atoms with E-state index in [1.54, 1.807) is 6.20 Å². The van der Waals surface area contributed by atoms with Crippen molar-refractivity contribution in [1.82, 2.24) is 15.1 Å². The van der Waals surface area contributed by atoms with Crippen molar-refractivity contribution >= 4 is 10.9 Å². The van der Waals surface area contributed by atoms with Gasteiger partial charge in [0.15, 0.2) is 0 Å². The molecule has 3 aromatic rings. The Hall–Kier alpha value is -2.24. The van der Waals surface area contributed by atoms with E-state index in [1.165, 1.54) is 17.7 Å². The topological polar surface area (TPSA) is 52.1 Å². The van der Waals surface area contributed by atoms with Crippen molar-refractivity contribution in [1.29, 1.82) is 0 Å². The Labute approximate surface area is 158 Å². The van der Waals surface area contributed by atoms with E-state index < -0.39 is 5.60 Å². The number of fused-ring (bicyclic) bond motifs is 3. The van der Waals surface area contributed by atoms with E-state index in [0.29, 0.717) is 11.1 Å². The smallest absolute Gasteiger partial charge is 0.125 e. The van der Waals surface area contributed by atoms with Gasteiger partial charge in [-0.2, -0.15) is 5.10 Å². The van der Waals surface area contributed by atoms with Gasteiger partial charge in [0, 0.05) is 36.9 Å². The van der Waals surface area contributed by atoms with Crippen LogP contribution in [-0.2, 0) is 12.1 Å². The summed E-state index contributed by atoms with van der Waals surface area (Å²) in [6.45, 7) is 2.56. The summed E-state index contributed by atoms with van der Waals surface area (Å²) in [5.41, 5.74) is 1.67. The van der Waals surface area contributed by atoms with Crippen molar-refractivity contribution in [2.75, 3.05) is 13.1 Å². The molecule has 2 aromatic carbocycles. The van der Waals surface area contributed by atoms with Crippen LogP contribution in [0.4, 0.5) is 4.39 Å². The lowest BCUT2D eigenvalue weighted by molar-refractivity contribution is -0.147. The maximum Gasteiger partial charge on any atom is 0.125 e. The molecule has 2 N–H and O–H groups in total. The number of aromatic nitrogens is 2. The van der Waals surface area contributed by atoms with Crippen LogP contribution in [0.15, 0.2) is 48.7 Å². The van der Waals surface area contributed by atoms with Crippen LogP contribution >= 0.6 is 0 Å². The number of benzene rings is 2. The molecule has 27 heavy (non-hydrogen) atoms. The third-order valence-electron chi connectivity index (χ3n) is 6.51. The largest absolute Gasteiger partial charge is 0.384 e. The molecule has 4 nitrogen and oxygen atoms in total. The normalized spacial score (nSPS) is 28.5. The van der Waals surface area contributed by atoms with E-state index in [1.807, 2.05) is 6.07 Å². The Morgan fingerprint density at radius 2 is 1.89 bits per heavy atom. The second kappa shape index (κ2) is 6.43. The number of hydrogen-bond donors (Lipinski definition) is 2. The van der Waals surface area contributed by atoms with E-state index in [4.69, 9.17) is 0 Å². The summed E-state index contributed by atoms with van der Waals surface area (Å²) >= 11 is 0. The first kappa shape index (κ1) is 16.9. The van der Waals surface area contributed by atoms with Crippen LogP contribution in [0.3, 0.4) is 0 Å². The first-order chi connectivity index (χ1) is 13.1. The number of rotatable bonds is 3. The highest BCUT2D eigenvalue weighted by atomic mass is 19.1. The highest BCUT2D eigenvalue weighted by molar-refractivity contribution is 5.82. The van der Waals surface area contributed by atoms with Gasteiger partial charge in [0.25, 0.3) is 0 Å². The molecule has 0 radical (unpaired) electrons. The summed E-state index contributed by atoms with van der Waals surface area (Å²) < 4.78 is 14.3. The van der Waals surface area contributed by atoms with Gasteiger partial charge in [-0.1, -0.05) is 36.8 Å². The van der Waals surface area contributed by atoms with Crippen molar-refractivity contribution in [3.8, 4) is 0 Å². The summed E-state index contributed by atoms with van der Waals surface area (Å²) in [6.07, 6.45) is 4.77. The van der Waals surface area contributed by atoms with Crippen molar-refractivity contribution in [3.05, 3.63) is 65.6 Å². The Bertz CT molecular complexity index is 941. The van der Waals surface area contributed by atoms with Gasteiger partial charge in [-0.15, -0.1) is 0 Å². The predicted octanol–water partition coefficient (Wildman–Crippen LogP) is 3.82. The molecule has 1 aliphatic carbocycles. The first-order valence-corrected chi connectivity index (χ1v) is 9.76. The van der Waals surface area contributed by atoms with Crippen LogP contribution in [0.1, 0.15) is 30.4 Å². The van der Waals surface area contributed by atoms with Crippen molar-refractivity contribution in [2.24, 2.45) is 11.8 Å². The molecule has 2 atom stereocenters. The SMILES string of the molecule is OC1(c2cc(F)cc3[nH]ncc23)C2CCCC1CN(Cc1ccccc1)C2. The van der Waals surface area contributed by atoms with Crippen molar-refractivity contribution in [3.63, 3.8) is 0 Å². The number of H-pyrrole nitrogens is 1. The molecule has 2 heterocycles. The van der Waals surface area contributed by atoms with Gasteiger partial charge in [0.1, 0.15) is 5.82 Å². The number of halogens is 1. The second-order valence-corrected chi connectivity index (χ2v) is 8.11. The standard InChI is InChI=1S/C22H24FN3O/c23-18-9-20(19-11-24-25-21(19)10-18)22(27)16-7-4-8-17(22)14-26(13-16)12-15-5-2-1-3-6-15/h1-3,5-6,9-11,16-17,27H,4,7-8,12-14H2,(H,24,25). The molecule has 1 saturated heterocycles. The van der Waals surface area contributed by atoms with Gasteiger partial charge < -0.3 is 5.11 Å². The van der Waals surface area contributed by atoms with Crippen LogP contribution in [0.2, 0.25) is 0 Å². The number of nitrogens with one attached hydrogen (secondary N) is 1. The molecule has 0 amide bonds. The van der Waals surface area contributed by atoms with Gasteiger partial charge >= 0.3 is 0 Å². The van der Waals surface area contributed by atoms with Crippen molar-refractivity contribution in [2.45, 2.75) is 31.4 Å². The zero-order chi connectivity index (χ0) is 18.4. The minimum absolute atomic E-state index is 0.105. The van der Waals surface area contributed by atoms with Crippen LogP contribution in [0.25, 0.3) is 10.9 Å². The van der Waals surface area contributed by atoms with Gasteiger partial charge in [-0.3, -0.25) is 10.00 Å². The molecule has 2 aliphatic rings. The molecule has 1 aliphatic heterocycles. The average molecular weight is 365 g/mol. The lowest BCUT2D eigenvalue weighted by Gasteiger charge is -2.53. The first-order valence-electron chi connectivity index (χ1n) is 9.76. The zero-order valence-corrected chi connectivity index (χ0v) is 15.2. The van der Waals surface area contributed by atoms with Crippen molar-refractivity contribution < 1.29 is 9.50 Å².